The molecule has 41 heavy (non-hydrogen) atoms. The summed E-state index contributed by atoms with van der Waals surface area (Å²) in [4.78, 5) is 56.9. The number of aliphatic carboxylic acids is 1. The van der Waals surface area contributed by atoms with Gasteiger partial charge in [-0.05, 0) is 42.4 Å². The van der Waals surface area contributed by atoms with Crippen molar-refractivity contribution in [3.8, 4) is 0 Å². The molecule has 4 rings (SSSR count). The van der Waals surface area contributed by atoms with Crippen molar-refractivity contribution in [2.75, 3.05) is 6.54 Å². The first-order valence-corrected chi connectivity index (χ1v) is 14.1. The number of carbonyl (C=O) groups excluding carboxylic acids is 3. The van der Waals surface area contributed by atoms with Crippen LogP contribution in [0.1, 0.15) is 44.2 Å². The molecule has 2 heterocycles. The van der Waals surface area contributed by atoms with Crippen molar-refractivity contribution in [3.63, 3.8) is 0 Å². The summed E-state index contributed by atoms with van der Waals surface area (Å²) in [5, 5.41) is 16.3. The second-order valence-electron chi connectivity index (χ2n) is 11.1. The van der Waals surface area contributed by atoms with Crippen LogP contribution in [0.5, 0.6) is 0 Å². The first-order chi connectivity index (χ1) is 19.6. The van der Waals surface area contributed by atoms with Gasteiger partial charge in [-0.25, -0.2) is 4.79 Å². The minimum Gasteiger partial charge on any atom is -0.480 e. The summed E-state index contributed by atoms with van der Waals surface area (Å²) in [7, 11) is 0. The van der Waals surface area contributed by atoms with Gasteiger partial charge in [0, 0.05) is 36.5 Å². The Balaban J connectivity index is 1.49. The Morgan fingerprint density at radius 1 is 1.00 bits per heavy atom. The smallest absolute Gasteiger partial charge is 0.326 e. The van der Waals surface area contributed by atoms with E-state index in [1.54, 1.807) is 6.20 Å². The van der Waals surface area contributed by atoms with Crippen LogP contribution in [0.4, 0.5) is 0 Å². The molecule has 0 radical (unpaired) electrons. The second kappa shape index (κ2) is 13.5. The van der Waals surface area contributed by atoms with E-state index in [2.05, 4.69) is 15.6 Å². The van der Waals surface area contributed by atoms with Crippen molar-refractivity contribution in [2.24, 2.45) is 11.7 Å². The molecule has 0 bridgehead atoms. The number of hydrogen-bond donors (Lipinski definition) is 5. The highest BCUT2D eigenvalue weighted by Crippen LogP contribution is 2.22. The van der Waals surface area contributed by atoms with E-state index in [0.29, 0.717) is 25.8 Å². The number of nitrogens with one attached hydrogen (secondary N) is 3. The molecule has 10 heteroatoms. The molecule has 218 valence electrons. The van der Waals surface area contributed by atoms with E-state index in [-0.39, 0.29) is 24.7 Å². The number of nitrogens with two attached hydrogens (primary N) is 1. The van der Waals surface area contributed by atoms with Crippen LogP contribution < -0.4 is 16.4 Å². The summed E-state index contributed by atoms with van der Waals surface area (Å²) in [5.74, 6) is -2.28. The van der Waals surface area contributed by atoms with Crippen LogP contribution in [0.25, 0.3) is 10.9 Å². The molecule has 3 aromatic rings. The molecule has 0 spiro atoms. The number of hydrogen-bond acceptors (Lipinski definition) is 5. The Labute approximate surface area is 239 Å². The van der Waals surface area contributed by atoms with E-state index in [1.807, 2.05) is 68.4 Å². The fourth-order valence-electron chi connectivity index (χ4n) is 5.44. The molecule has 3 amide bonds. The van der Waals surface area contributed by atoms with E-state index in [9.17, 15) is 24.3 Å². The molecular weight excluding hydrogens is 522 g/mol. The molecule has 1 aliphatic heterocycles. The lowest BCUT2D eigenvalue weighted by molar-refractivity contribution is -0.144. The number of rotatable bonds is 12. The molecule has 1 fully saturated rings. The van der Waals surface area contributed by atoms with Gasteiger partial charge in [0.1, 0.15) is 18.1 Å². The lowest BCUT2D eigenvalue weighted by Gasteiger charge is -2.30. The number of aromatic amines is 1. The van der Waals surface area contributed by atoms with Crippen LogP contribution in [0.15, 0.2) is 60.8 Å². The molecule has 6 N–H and O–H groups in total. The zero-order valence-electron chi connectivity index (χ0n) is 23.5. The van der Waals surface area contributed by atoms with Gasteiger partial charge in [0.15, 0.2) is 0 Å². The second-order valence-corrected chi connectivity index (χ2v) is 11.1. The average Bonchev–Trinajstić information content (AvgIpc) is 3.60. The Hall–Kier alpha value is -4.18. The molecule has 4 unspecified atom stereocenters. The van der Waals surface area contributed by atoms with Crippen LogP contribution in [0.2, 0.25) is 0 Å². The molecule has 0 saturated carbocycles. The number of aromatic nitrogens is 1. The zero-order valence-corrected chi connectivity index (χ0v) is 23.5. The molecular formula is C31H39N5O5. The third-order valence-corrected chi connectivity index (χ3v) is 7.51. The van der Waals surface area contributed by atoms with Crippen molar-refractivity contribution in [1.29, 1.82) is 0 Å². The maximum atomic E-state index is 13.8. The van der Waals surface area contributed by atoms with Crippen molar-refractivity contribution >= 4 is 34.6 Å². The van der Waals surface area contributed by atoms with Gasteiger partial charge in [0.25, 0.3) is 0 Å². The SMILES string of the molecule is CC(C)CC(N)C(=O)NC(Cc1ccccc1)C(=O)N1CCCC1C(=O)NC(Cc1c[nH]c2ccccc12)C(=O)O. The quantitative estimate of drug-likeness (QED) is 0.228. The number of likely N-dealkylation sites (tertiary alicyclic amines) is 1. The molecule has 0 aliphatic carbocycles. The lowest BCUT2D eigenvalue weighted by Crippen LogP contribution is -2.57. The van der Waals surface area contributed by atoms with E-state index in [1.165, 1.54) is 4.90 Å². The Morgan fingerprint density at radius 2 is 1.71 bits per heavy atom. The van der Waals surface area contributed by atoms with Crippen molar-refractivity contribution in [2.45, 2.75) is 70.1 Å². The van der Waals surface area contributed by atoms with Crippen LogP contribution in [-0.4, -0.2) is 69.4 Å². The molecule has 1 aromatic heterocycles. The van der Waals surface area contributed by atoms with Gasteiger partial charge in [0.05, 0.1) is 6.04 Å². The Kier molecular flexibility index (Phi) is 9.78. The summed E-state index contributed by atoms with van der Waals surface area (Å²) in [6.07, 6.45) is 3.53. The monoisotopic (exact) mass is 561 g/mol. The predicted molar refractivity (Wildman–Crippen MR) is 156 cm³/mol. The third-order valence-electron chi connectivity index (χ3n) is 7.51. The molecule has 10 nitrogen and oxygen atoms in total. The third kappa shape index (κ3) is 7.52. The largest absolute Gasteiger partial charge is 0.480 e. The fourth-order valence-corrected chi connectivity index (χ4v) is 5.44. The van der Waals surface area contributed by atoms with E-state index >= 15 is 0 Å². The molecule has 4 atom stereocenters. The van der Waals surface area contributed by atoms with Crippen LogP contribution in [0, 0.1) is 5.92 Å². The van der Waals surface area contributed by atoms with Crippen LogP contribution >= 0.6 is 0 Å². The topological polar surface area (TPSA) is 158 Å². The van der Waals surface area contributed by atoms with Crippen LogP contribution in [0.3, 0.4) is 0 Å². The van der Waals surface area contributed by atoms with Gasteiger partial charge < -0.3 is 31.4 Å². The van der Waals surface area contributed by atoms with Crippen molar-refractivity contribution < 1.29 is 24.3 Å². The first-order valence-electron chi connectivity index (χ1n) is 14.1. The molecule has 1 aliphatic rings. The van der Waals surface area contributed by atoms with Gasteiger partial charge in [-0.3, -0.25) is 14.4 Å². The minimum atomic E-state index is -1.17. The minimum absolute atomic E-state index is 0.0895. The maximum absolute atomic E-state index is 13.8. The summed E-state index contributed by atoms with van der Waals surface area (Å²) < 4.78 is 0. The summed E-state index contributed by atoms with van der Waals surface area (Å²) in [5.41, 5.74) is 8.61. The summed E-state index contributed by atoms with van der Waals surface area (Å²) in [6, 6.07) is 13.2. The first kappa shape index (κ1) is 29.8. The number of carboxylic acids is 1. The highest BCUT2D eigenvalue weighted by Gasteiger charge is 2.39. The van der Waals surface area contributed by atoms with Gasteiger partial charge in [-0.15, -0.1) is 0 Å². The average molecular weight is 562 g/mol. The van der Waals surface area contributed by atoms with Gasteiger partial charge in [0.2, 0.25) is 17.7 Å². The number of carboxylic acid groups (broad SMARTS) is 1. The highest BCUT2D eigenvalue weighted by atomic mass is 16.4. The maximum Gasteiger partial charge on any atom is 0.326 e. The molecule has 1 saturated heterocycles. The standard InChI is InChI=1S/C31H39N5O5/c1-19(2)15-23(32)28(37)34-25(16-20-9-4-3-5-10-20)30(39)36-14-8-13-27(36)29(38)35-26(31(40)41)17-21-18-33-24-12-7-6-11-22(21)24/h3-7,9-12,18-19,23,25-27,33H,8,13-17,32H2,1-2H3,(H,34,37)(H,35,38)(H,40,41). The number of nitrogens with zero attached hydrogens (tertiary/aromatic N) is 1. The summed E-state index contributed by atoms with van der Waals surface area (Å²) in [6.45, 7) is 4.27. The van der Waals surface area contributed by atoms with Crippen molar-refractivity contribution in [1.82, 2.24) is 20.5 Å². The number of benzene rings is 2. The number of amides is 3. The number of fused-ring (bicyclic) bond motifs is 1. The van der Waals surface area contributed by atoms with Gasteiger partial charge >= 0.3 is 5.97 Å². The highest BCUT2D eigenvalue weighted by molar-refractivity contribution is 5.95. The predicted octanol–water partition coefficient (Wildman–Crippen LogP) is 2.37. The fraction of sp³-hybridized carbons (Fsp3) is 0.419. The van der Waals surface area contributed by atoms with E-state index < -0.39 is 42.0 Å². The summed E-state index contributed by atoms with van der Waals surface area (Å²) >= 11 is 0. The van der Waals surface area contributed by atoms with E-state index in [0.717, 1.165) is 22.0 Å². The number of para-hydroxylation sites is 1. The zero-order chi connectivity index (χ0) is 29.5. The normalized spacial score (nSPS) is 17.3. The Bertz CT molecular complexity index is 1370. The van der Waals surface area contributed by atoms with Crippen LogP contribution in [-0.2, 0) is 32.0 Å². The van der Waals surface area contributed by atoms with Gasteiger partial charge in [-0.2, -0.15) is 0 Å². The molecule has 2 aromatic carbocycles. The van der Waals surface area contributed by atoms with Gasteiger partial charge in [-0.1, -0.05) is 62.4 Å². The van der Waals surface area contributed by atoms with E-state index in [4.69, 9.17) is 5.73 Å². The lowest BCUT2D eigenvalue weighted by atomic mass is 10.0. The van der Waals surface area contributed by atoms with Crippen molar-refractivity contribution in [3.05, 3.63) is 71.9 Å². The number of carbonyl (C=O) groups is 4. The Morgan fingerprint density at radius 3 is 2.41 bits per heavy atom. The number of H-pyrrole nitrogens is 1.